The lowest BCUT2D eigenvalue weighted by molar-refractivity contribution is -0.117. The molecule has 7 heavy (non-hydrogen) atoms. The quantitative estimate of drug-likeness (QED) is 0.427. The number of hydrogen-bond acceptors (Lipinski definition) is 2. The molecular weight excluding hydrogens is 115 g/mol. The maximum absolute atomic E-state index is 10.3. The van der Waals surface area contributed by atoms with Crippen LogP contribution in [0.3, 0.4) is 0 Å². The standard InChI is InChI=1S/C4H5ClO2/c5-3-1-7-2-4(3)6/h3H,1-2H2. The molecule has 0 aromatic heterocycles. The minimum atomic E-state index is -0.375. The van der Waals surface area contributed by atoms with Crippen LogP contribution in [0.15, 0.2) is 0 Å². The lowest BCUT2D eigenvalue weighted by Crippen LogP contribution is -2.08. The molecule has 1 heterocycles. The van der Waals surface area contributed by atoms with E-state index in [0.717, 1.165) is 0 Å². The van der Waals surface area contributed by atoms with Crippen LogP contribution in [0.25, 0.3) is 0 Å². The van der Waals surface area contributed by atoms with Gasteiger partial charge >= 0.3 is 0 Å². The zero-order valence-corrected chi connectivity index (χ0v) is 4.44. The molecule has 0 saturated carbocycles. The summed E-state index contributed by atoms with van der Waals surface area (Å²) in [6, 6.07) is 0. The molecule has 1 aliphatic rings. The maximum atomic E-state index is 10.3. The summed E-state index contributed by atoms with van der Waals surface area (Å²) in [7, 11) is 0. The van der Waals surface area contributed by atoms with Crippen molar-refractivity contribution in [2.45, 2.75) is 5.38 Å². The molecule has 1 atom stereocenters. The van der Waals surface area contributed by atoms with Gasteiger partial charge < -0.3 is 4.74 Å². The first-order valence-corrected chi connectivity index (χ1v) is 2.49. The SMILES string of the molecule is O=C1COCC1Cl. The third kappa shape index (κ3) is 0.924. The van der Waals surface area contributed by atoms with Crippen LogP contribution in [0.1, 0.15) is 0 Å². The summed E-state index contributed by atoms with van der Waals surface area (Å²) in [6.07, 6.45) is 0. The van der Waals surface area contributed by atoms with Gasteiger partial charge in [-0.05, 0) is 0 Å². The van der Waals surface area contributed by atoms with Crippen LogP contribution < -0.4 is 0 Å². The fourth-order valence-corrected chi connectivity index (χ4v) is 0.598. The first-order valence-electron chi connectivity index (χ1n) is 2.05. The summed E-state index contributed by atoms with van der Waals surface area (Å²) in [4.78, 5) is 10.3. The van der Waals surface area contributed by atoms with E-state index in [1.807, 2.05) is 0 Å². The number of rotatable bonds is 0. The summed E-state index contributed by atoms with van der Waals surface area (Å²) in [6.45, 7) is 0.592. The Bertz CT molecular complexity index is 91.7. The fourth-order valence-electron chi connectivity index (χ4n) is 0.446. The van der Waals surface area contributed by atoms with Crippen molar-refractivity contribution < 1.29 is 9.53 Å². The van der Waals surface area contributed by atoms with Gasteiger partial charge in [-0.15, -0.1) is 11.6 Å². The smallest absolute Gasteiger partial charge is 0.178 e. The van der Waals surface area contributed by atoms with Gasteiger partial charge in [0, 0.05) is 0 Å². The van der Waals surface area contributed by atoms with Crippen molar-refractivity contribution in [3.05, 3.63) is 0 Å². The third-order valence-electron chi connectivity index (χ3n) is 0.858. The highest BCUT2D eigenvalue weighted by Crippen LogP contribution is 2.05. The molecule has 1 saturated heterocycles. The van der Waals surface area contributed by atoms with Gasteiger partial charge in [-0.1, -0.05) is 0 Å². The van der Waals surface area contributed by atoms with Gasteiger partial charge in [0.2, 0.25) is 0 Å². The largest absolute Gasteiger partial charge is 0.372 e. The van der Waals surface area contributed by atoms with Crippen molar-refractivity contribution in [3.63, 3.8) is 0 Å². The normalized spacial score (nSPS) is 31.6. The highest BCUT2D eigenvalue weighted by atomic mass is 35.5. The molecule has 1 unspecified atom stereocenters. The molecule has 1 fully saturated rings. The number of hydrogen-bond donors (Lipinski definition) is 0. The number of ketones is 1. The number of Topliss-reactive ketones (excluding diaryl/α,β-unsaturated/α-hetero) is 1. The second kappa shape index (κ2) is 1.80. The predicted octanol–water partition coefficient (Wildman–Crippen LogP) is 0.193. The summed E-state index contributed by atoms with van der Waals surface area (Å²) in [5.74, 6) is 0.00154. The Morgan fingerprint density at radius 3 is 2.71 bits per heavy atom. The lowest BCUT2D eigenvalue weighted by atomic mass is 10.3. The molecule has 3 heteroatoms. The Morgan fingerprint density at radius 2 is 2.57 bits per heavy atom. The van der Waals surface area contributed by atoms with E-state index in [-0.39, 0.29) is 17.8 Å². The number of halogens is 1. The van der Waals surface area contributed by atoms with Crippen molar-refractivity contribution in [1.29, 1.82) is 0 Å². The number of carbonyl (C=O) groups excluding carboxylic acids is 1. The minimum Gasteiger partial charge on any atom is -0.372 e. The van der Waals surface area contributed by atoms with Crippen molar-refractivity contribution in [2.75, 3.05) is 13.2 Å². The van der Waals surface area contributed by atoms with Gasteiger partial charge in [-0.2, -0.15) is 0 Å². The first kappa shape index (κ1) is 5.06. The molecule has 0 aromatic carbocycles. The summed E-state index contributed by atoms with van der Waals surface area (Å²) >= 11 is 5.39. The van der Waals surface area contributed by atoms with E-state index in [1.165, 1.54) is 0 Å². The summed E-state index contributed by atoms with van der Waals surface area (Å²) in [5, 5.41) is -0.375. The Labute approximate surface area is 46.4 Å². The molecule has 0 bridgehead atoms. The third-order valence-corrected chi connectivity index (χ3v) is 1.23. The van der Waals surface area contributed by atoms with Gasteiger partial charge in [-0.25, -0.2) is 0 Å². The van der Waals surface area contributed by atoms with E-state index in [9.17, 15) is 4.79 Å². The van der Waals surface area contributed by atoms with Crippen molar-refractivity contribution in [1.82, 2.24) is 0 Å². The number of alkyl halides is 1. The molecule has 0 aromatic rings. The molecule has 40 valence electrons. The Hall–Kier alpha value is -0.0800. The molecule has 0 radical (unpaired) electrons. The van der Waals surface area contributed by atoms with Crippen LogP contribution in [0.4, 0.5) is 0 Å². The van der Waals surface area contributed by atoms with E-state index in [4.69, 9.17) is 11.6 Å². The van der Waals surface area contributed by atoms with Crippen LogP contribution in [-0.2, 0) is 9.53 Å². The molecule has 1 aliphatic heterocycles. The van der Waals surface area contributed by atoms with E-state index in [0.29, 0.717) is 6.61 Å². The summed E-state index contributed by atoms with van der Waals surface area (Å²) < 4.78 is 4.69. The van der Waals surface area contributed by atoms with E-state index < -0.39 is 0 Å². The number of ether oxygens (including phenoxy) is 1. The minimum absolute atomic E-state index is 0.00154. The zero-order chi connectivity index (χ0) is 5.28. The monoisotopic (exact) mass is 120 g/mol. The molecule has 0 N–H and O–H groups in total. The first-order chi connectivity index (χ1) is 3.30. The topological polar surface area (TPSA) is 26.3 Å². The Morgan fingerprint density at radius 1 is 1.86 bits per heavy atom. The second-order valence-electron chi connectivity index (χ2n) is 1.45. The summed E-state index contributed by atoms with van der Waals surface area (Å²) in [5.41, 5.74) is 0. The predicted molar refractivity (Wildman–Crippen MR) is 25.5 cm³/mol. The van der Waals surface area contributed by atoms with Crippen molar-refractivity contribution in [3.8, 4) is 0 Å². The highest BCUT2D eigenvalue weighted by molar-refractivity contribution is 6.31. The van der Waals surface area contributed by atoms with E-state index in [1.54, 1.807) is 0 Å². The highest BCUT2D eigenvalue weighted by Gasteiger charge is 2.21. The zero-order valence-electron chi connectivity index (χ0n) is 3.69. The van der Waals surface area contributed by atoms with Crippen LogP contribution in [0, 0.1) is 0 Å². The Kier molecular flexibility index (Phi) is 1.30. The van der Waals surface area contributed by atoms with Gasteiger partial charge in [0.15, 0.2) is 5.78 Å². The van der Waals surface area contributed by atoms with Gasteiger partial charge in [0.1, 0.15) is 12.0 Å². The van der Waals surface area contributed by atoms with E-state index >= 15 is 0 Å². The lowest BCUT2D eigenvalue weighted by Gasteiger charge is -1.85. The maximum Gasteiger partial charge on any atom is 0.178 e. The van der Waals surface area contributed by atoms with Crippen LogP contribution in [0.2, 0.25) is 0 Å². The Balaban J connectivity index is 2.48. The van der Waals surface area contributed by atoms with Crippen LogP contribution in [0.5, 0.6) is 0 Å². The van der Waals surface area contributed by atoms with Gasteiger partial charge in [0.05, 0.1) is 6.61 Å². The average molecular weight is 121 g/mol. The molecule has 0 spiro atoms. The van der Waals surface area contributed by atoms with Crippen molar-refractivity contribution >= 4 is 17.4 Å². The molecule has 1 rings (SSSR count). The number of carbonyl (C=O) groups is 1. The van der Waals surface area contributed by atoms with Gasteiger partial charge in [0.25, 0.3) is 0 Å². The average Bonchev–Trinajstić information content (AvgIpc) is 1.91. The van der Waals surface area contributed by atoms with Crippen LogP contribution in [-0.4, -0.2) is 24.4 Å². The van der Waals surface area contributed by atoms with E-state index in [2.05, 4.69) is 4.74 Å². The molecule has 2 nitrogen and oxygen atoms in total. The molecular formula is C4H5ClO2. The van der Waals surface area contributed by atoms with Crippen LogP contribution >= 0.6 is 11.6 Å². The second-order valence-corrected chi connectivity index (χ2v) is 1.98. The molecule has 0 aliphatic carbocycles. The van der Waals surface area contributed by atoms with Crippen molar-refractivity contribution in [2.24, 2.45) is 0 Å². The fraction of sp³-hybridized carbons (Fsp3) is 0.750. The molecule has 0 amide bonds. The van der Waals surface area contributed by atoms with Gasteiger partial charge in [-0.3, -0.25) is 4.79 Å².